The van der Waals surface area contributed by atoms with E-state index in [1.165, 1.54) is 5.56 Å². The summed E-state index contributed by atoms with van der Waals surface area (Å²) in [7, 11) is 0. The fraction of sp³-hybridized carbons (Fsp3) is 0.417. The van der Waals surface area contributed by atoms with Crippen LogP contribution in [0.3, 0.4) is 0 Å². The molecule has 0 aliphatic carbocycles. The van der Waals surface area contributed by atoms with E-state index >= 15 is 0 Å². The second-order valence-corrected chi connectivity index (χ2v) is 4.27. The Morgan fingerprint density at radius 3 is 2.29 bits per heavy atom. The van der Waals surface area contributed by atoms with Crippen LogP contribution in [0.25, 0.3) is 0 Å². The monoisotopic (exact) mass is 207 g/mol. The Bertz CT molecular complexity index is 321. The maximum atomic E-state index is 8.62. The number of hydrogen-bond acceptors (Lipinski definition) is 1. The zero-order valence-corrected chi connectivity index (χ0v) is 9.25. The van der Waals surface area contributed by atoms with Crippen molar-refractivity contribution in [3.05, 3.63) is 35.4 Å². The Balaban J connectivity index is 2.74. The zero-order chi connectivity index (χ0) is 10.6. The molecular weight excluding hydrogens is 194 g/mol. The summed E-state index contributed by atoms with van der Waals surface area (Å²) in [6.07, 6.45) is 1.07. The molecule has 0 aliphatic rings. The van der Waals surface area contributed by atoms with Gasteiger partial charge in [0.1, 0.15) is 5.38 Å². The van der Waals surface area contributed by atoms with Crippen LogP contribution in [0.4, 0.5) is 0 Å². The van der Waals surface area contributed by atoms with Crippen LogP contribution in [0.15, 0.2) is 24.3 Å². The molecule has 0 heterocycles. The molecule has 1 atom stereocenters. The van der Waals surface area contributed by atoms with Gasteiger partial charge in [-0.05, 0) is 23.5 Å². The number of rotatable bonds is 3. The van der Waals surface area contributed by atoms with Crippen LogP contribution in [-0.4, -0.2) is 0 Å². The van der Waals surface area contributed by atoms with Crippen LogP contribution in [-0.2, 0) is 6.42 Å². The van der Waals surface area contributed by atoms with Crippen molar-refractivity contribution in [3.63, 3.8) is 0 Å². The van der Waals surface area contributed by atoms with E-state index in [4.69, 9.17) is 16.9 Å². The molecule has 0 N–H and O–H groups in total. The van der Waals surface area contributed by atoms with E-state index in [1.807, 2.05) is 30.3 Å². The average Bonchev–Trinajstić information content (AvgIpc) is 2.17. The molecule has 1 aromatic carbocycles. The summed E-state index contributed by atoms with van der Waals surface area (Å²) in [6.45, 7) is 4.38. The van der Waals surface area contributed by atoms with Crippen LogP contribution < -0.4 is 0 Å². The standard InChI is InChI=1S/C12H14ClN/c1-9(2)7-10-3-5-11(6-4-10)12(13)8-14/h3-6,9,12H,7H2,1-2H3. The van der Waals surface area contributed by atoms with Crippen LogP contribution in [0, 0.1) is 17.2 Å². The van der Waals surface area contributed by atoms with E-state index in [-0.39, 0.29) is 0 Å². The molecule has 1 rings (SSSR count). The smallest absolute Gasteiger partial charge is 0.145 e. The van der Waals surface area contributed by atoms with Crippen molar-refractivity contribution in [1.82, 2.24) is 0 Å². The Morgan fingerprint density at radius 2 is 1.86 bits per heavy atom. The van der Waals surface area contributed by atoms with Crippen molar-refractivity contribution in [2.45, 2.75) is 25.6 Å². The maximum Gasteiger partial charge on any atom is 0.145 e. The van der Waals surface area contributed by atoms with Crippen molar-refractivity contribution in [2.24, 2.45) is 5.92 Å². The Labute approximate surface area is 90.3 Å². The number of alkyl halides is 1. The summed E-state index contributed by atoms with van der Waals surface area (Å²) in [5, 5.41) is 8.10. The molecule has 2 heteroatoms. The van der Waals surface area contributed by atoms with Gasteiger partial charge in [0.2, 0.25) is 0 Å². The summed E-state index contributed by atoms with van der Waals surface area (Å²) >= 11 is 5.79. The van der Waals surface area contributed by atoms with E-state index < -0.39 is 5.38 Å². The van der Waals surface area contributed by atoms with E-state index in [2.05, 4.69) is 13.8 Å². The van der Waals surface area contributed by atoms with Gasteiger partial charge in [-0.3, -0.25) is 0 Å². The molecular formula is C12H14ClN. The van der Waals surface area contributed by atoms with E-state index in [0.29, 0.717) is 5.92 Å². The third-order valence-electron chi connectivity index (χ3n) is 2.03. The van der Waals surface area contributed by atoms with Gasteiger partial charge < -0.3 is 0 Å². The summed E-state index contributed by atoms with van der Waals surface area (Å²) in [4.78, 5) is 0. The summed E-state index contributed by atoms with van der Waals surface area (Å²) in [6, 6.07) is 9.95. The predicted molar refractivity (Wildman–Crippen MR) is 59.2 cm³/mol. The number of halogens is 1. The quantitative estimate of drug-likeness (QED) is 0.694. The molecule has 74 valence electrons. The van der Waals surface area contributed by atoms with E-state index in [0.717, 1.165) is 12.0 Å². The molecule has 0 saturated heterocycles. The SMILES string of the molecule is CC(C)Cc1ccc(C(Cl)C#N)cc1. The molecule has 0 aliphatic heterocycles. The number of benzene rings is 1. The molecule has 1 aromatic rings. The van der Waals surface area contributed by atoms with Gasteiger partial charge in [0.15, 0.2) is 0 Å². The number of hydrogen-bond donors (Lipinski definition) is 0. The first-order chi connectivity index (χ1) is 6.63. The van der Waals surface area contributed by atoms with Crippen molar-refractivity contribution in [3.8, 4) is 6.07 Å². The highest BCUT2D eigenvalue weighted by atomic mass is 35.5. The first-order valence-corrected chi connectivity index (χ1v) is 5.19. The molecule has 0 amide bonds. The average molecular weight is 208 g/mol. The Hall–Kier alpha value is -1.00. The van der Waals surface area contributed by atoms with E-state index in [9.17, 15) is 0 Å². The lowest BCUT2D eigenvalue weighted by molar-refractivity contribution is 0.647. The first-order valence-electron chi connectivity index (χ1n) is 4.76. The van der Waals surface area contributed by atoms with Crippen LogP contribution >= 0.6 is 11.6 Å². The van der Waals surface area contributed by atoms with Gasteiger partial charge >= 0.3 is 0 Å². The van der Waals surface area contributed by atoms with Crippen LogP contribution in [0.1, 0.15) is 30.4 Å². The van der Waals surface area contributed by atoms with Crippen molar-refractivity contribution in [2.75, 3.05) is 0 Å². The lowest BCUT2D eigenvalue weighted by Gasteiger charge is -2.06. The summed E-state index contributed by atoms with van der Waals surface area (Å²) in [5.41, 5.74) is 2.17. The minimum atomic E-state index is -0.525. The summed E-state index contributed by atoms with van der Waals surface area (Å²) < 4.78 is 0. The molecule has 0 radical (unpaired) electrons. The van der Waals surface area contributed by atoms with Gasteiger partial charge in [-0.25, -0.2) is 0 Å². The highest BCUT2D eigenvalue weighted by Crippen LogP contribution is 2.20. The molecule has 1 unspecified atom stereocenters. The zero-order valence-electron chi connectivity index (χ0n) is 8.50. The lowest BCUT2D eigenvalue weighted by Crippen LogP contribution is -1.94. The third kappa shape index (κ3) is 3.05. The molecule has 1 nitrogen and oxygen atoms in total. The fourth-order valence-corrected chi connectivity index (χ4v) is 1.51. The molecule has 0 fully saturated rings. The third-order valence-corrected chi connectivity index (χ3v) is 2.38. The van der Waals surface area contributed by atoms with Crippen molar-refractivity contribution >= 4 is 11.6 Å². The Morgan fingerprint density at radius 1 is 1.29 bits per heavy atom. The normalized spacial score (nSPS) is 12.5. The van der Waals surface area contributed by atoms with Gasteiger partial charge in [0.25, 0.3) is 0 Å². The topological polar surface area (TPSA) is 23.8 Å². The second kappa shape index (κ2) is 5.02. The molecule has 14 heavy (non-hydrogen) atoms. The minimum Gasteiger partial charge on any atom is -0.196 e. The first kappa shape index (κ1) is 11.1. The second-order valence-electron chi connectivity index (χ2n) is 3.83. The highest BCUT2D eigenvalue weighted by molar-refractivity contribution is 6.22. The maximum absolute atomic E-state index is 8.62. The lowest BCUT2D eigenvalue weighted by atomic mass is 10.0. The number of nitrogens with zero attached hydrogens (tertiary/aromatic N) is 1. The molecule has 0 bridgehead atoms. The molecule has 0 spiro atoms. The van der Waals surface area contributed by atoms with Crippen molar-refractivity contribution in [1.29, 1.82) is 5.26 Å². The summed E-state index contributed by atoms with van der Waals surface area (Å²) in [5.74, 6) is 0.656. The minimum absolute atomic E-state index is 0.525. The highest BCUT2D eigenvalue weighted by Gasteiger charge is 2.05. The van der Waals surface area contributed by atoms with Crippen LogP contribution in [0.5, 0.6) is 0 Å². The fourth-order valence-electron chi connectivity index (χ4n) is 1.37. The predicted octanol–water partition coefficient (Wildman–Crippen LogP) is 3.69. The van der Waals surface area contributed by atoms with Gasteiger partial charge in [0.05, 0.1) is 6.07 Å². The van der Waals surface area contributed by atoms with Gasteiger partial charge in [-0.15, -0.1) is 11.6 Å². The van der Waals surface area contributed by atoms with Gasteiger partial charge in [0, 0.05) is 0 Å². The largest absolute Gasteiger partial charge is 0.196 e. The van der Waals surface area contributed by atoms with Gasteiger partial charge in [-0.1, -0.05) is 38.1 Å². The van der Waals surface area contributed by atoms with Crippen molar-refractivity contribution < 1.29 is 0 Å². The molecule has 0 aromatic heterocycles. The van der Waals surface area contributed by atoms with Crippen LogP contribution in [0.2, 0.25) is 0 Å². The Kier molecular flexibility index (Phi) is 3.98. The molecule has 0 saturated carbocycles. The number of nitriles is 1. The van der Waals surface area contributed by atoms with Gasteiger partial charge in [-0.2, -0.15) is 5.26 Å². The van der Waals surface area contributed by atoms with E-state index in [1.54, 1.807) is 0 Å².